The van der Waals surface area contributed by atoms with Crippen LogP contribution in [0.25, 0.3) is 0 Å². The third-order valence-corrected chi connectivity index (χ3v) is 4.90. The lowest BCUT2D eigenvalue weighted by Crippen LogP contribution is -2.46. The minimum atomic E-state index is -4.18. The first-order valence-corrected chi connectivity index (χ1v) is 8.00. The first-order chi connectivity index (χ1) is 9.93. The van der Waals surface area contributed by atoms with Crippen molar-refractivity contribution in [3.8, 4) is 0 Å². The fourth-order valence-corrected chi connectivity index (χ4v) is 3.77. The summed E-state index contributed by atoms with van der Waals surface area (Å²) in [5, 5.41) is 0. The fraction of sp³-hybridized carbons (Fsp3) is 0.933. The quantitative estimate of drug-likeness (QED) is 0.867. The summed E-state index contributed by atoms with van der Waals surface area (Å²) in [6.45, 7) is 0.842. The molecule has 1 amide bonds. The number of amides is 1. The molecule has 0 aromatic carbocycles. The van der Waals surface area contributed by atoms with E-state index in [2.05, 4.69) is 0 Å². The molecule has 21 heavy (non-hydrogen) atoms. The second kappa shape index (κ2) is 6.99. The van der Waals surface area contributed by atoms with Crippen LogP contribution in [0.1, 0.15) is 51.4 Å². The second-order valence-electron chi connectivity index (χ2n) is 6.36. The maximum absolute atomic E-state index is 12.9. The van der Waals surface area contributed by atoms with E-state index >= 15 is 0 Å². The molecule has 2 saturated carbocycles. The lowest BCUT2D eigenvalue weighted by Gasteiger charge is -2.36. The number of alkyl halides is 3. The number of hydrogen-bond acceptors (Lipinski definition) is 2. The number of nitrogens with zero attached hydrogens (tertiary/aromatic N) is 1. The fourth-order valence-electron chi connectivity index (χ4n) is 3.77. The highest BCUT2D eigenvalue weighted by Gasteiger charge is 2.44. The van der Waals surface area contributed by atoms with Crippen LogP contribution in [0.4, 0.5) is 13.2 Å². The van der Waals surface area contributed by atoms with Crippen molar-refractivity contribution in [1.82, 2.24) is 4.90 Å². The molecule has 2 atom stereocenters. The molecule has 2 fully saturated rings. The van der Waals surface area contributed by atoms with Gasteiger partial charge in [0.25, 0.3) is 0 Å². The molecule has 0 heterocycles. The normalized spacial score (nSPS) is 27.8. The Hall–Kier alpha value is -0.780. The minimum absolute atomic E-state index is 0.0455. The largest absolute Gasteiger partial charge is 0.391 e. The van der Waals surface area contributed by atoms with Gasteiger partial charge < -0.3 is 10.6 Å². The van der Waals surface area contributed by atoms with Crippen molar-refractivity contribution < 1.29 is 18.0 Å². The van der Waals surface area contributed by atoms with Crippen LogP contribution in [-0.4, -0.2) is 36.1 Å². The van der Waals surface area contributed by atoms with Gasteiger partial charge in [0.15, 0.2) is 0 Å². The number of carbonyl (C=O) groups excluding carboxylic acids is 1. The molecule has 0 bridgehead atoms. The van der Waals surface area contributed by atoms with Gasteiger partial charge in [-0.25, -0.2) is 0 Å². The molecule has 2 rings (SSSR count). The molecule has 0 spiro atoms. The lowest BCUT2D eigenvalue weighted by molar-refractivity contribution is -0.187. The Morgan fingerprint density at radius 2 is 1.76 bits per heavy atom. The van der Waals surface area contributed by atoms with Crippen molar-refractivity contribution in [2.24, 2.45) is 17.6 Å². The molecule has 2 unspecified atom stereocenters. The van der Waals surface area contributed by atoms with Crippen LogP contribution in [0.5, 0.6) is 0 Å². The standard InChI is InChI=1S/C15H25F3N2O/c16-15(17,18)12-5-3-4-11(10-12)14(21)20(9-8-19)13-6-1-2-7-13/h11-13H,1-10,19H2. The van der Waals surface area contributed by atoms with E-state index in [1.807, 2.05) is 0 Å². The van der Waals surface area contributed by atoms with Gasteiger partial charge in [0, 0.05) is 25.0 Å². The van der Waals surface area contributed by atoms with E-state index in [4.69, 9.17) is 5.73 Å². The van der Waals surface area contributed by atoms with E-state index in [9.17, 15) is 18.0 Å². The zero-order valence-corrected chi connectivity index (χ0v) is 12.4. The van der Waals surface area contributed by atoms with Gasteiger partial charge >= 0.3 is 6.18 Å². The third-order valence-electron chi connectivity index (χ3n) is 4.90. The van der Waals surface area contributed by atoms with Gasteiger partial charge in [-0.05, 0) is 32.1 Å². The molecule has 0 aromatic rings. The Morgan fingerprint density at radius 1 is 1.10 bits per heavy atom. The van der Waals surface area contributed by atoms with Crippen molar-refractivity contribution >= 4 is 5.91 Å². The van der Waals surface area contributed by atoms with Crippen LogP contribution < -0.4 is 5.73 Å². The van der Waals surface area contributed by atoms with Gasteiger partial charge in [0.1, 0.15) is 0 Å². The van der Waals surface area contributed by atoms with E-state index in [1.165, 1.54) is 0 Å². The number of nitrogens with two attached hydrogens (primary N) is 1. The summed E-state index contributed by atoms with van der Waals surface area (Å²) in [4.78, 5) is 14.4. The van der Waals surface area contributed by atoms with Gasteiger partial charge in [0.05, 0.1) is 5.92 Å². The summed E-state index contributed by atoms with van der Waals surface area (Å²) in [6.07, 6.45) is 1.11. The maximum atomic E-state index is 12.9. The first-order valence-electron chi connectivity index (χ1n) is 8.00. The molecule has 2 aliphatic rings. The van der Waals surface area contributed by atoms with Crippen molar-refractivity contribution in [3.05, 3.63) is 0 Å². The Kier molecular flexibility index (Phi) is 5.52. The molecule has 0 aromatic heterocycles. The summed E-state index contributed by atoms with van der Waals surface area (Å²) in [5.41, 5.74) is 5.59. The molecular weight excluding hydrogens is 281 g/mol. The summed E-state index contributed by atoms with van der Waals surface area (Å²) in [7, 11) is 0. The highest BCUT2D eigenvalue weighted by Crippen LogP contribution is 2.41. The van der Waals surface area contributed by atoms with E-state index in [-0.39, 0.29) is 24.8 Å². The van der Waals surface area contributed by atoms with Gasteiger partial charge in [-0.1, -0.05) is 19.3 Å². The molecule has 3 nitrogen and oxygen atoms in total. The average Bonchev–Trinajstić information content (AvgIpc) is 2.97. The van der Waals surface area contributed by atoms with Crippen LogP contribution in [-0.2, 0) is 4.79 Å². The topological polar surface area (TPSA) is 46.3 Å². The van der Waals surface area contributed by atoms with E-state index in [1.54, 1.807) is 4.90 Å². The molecular formula is C15H25F3N2O. The lowest BCUT2D eigenvalue weighted by atomic mass is 9.80. The highest BCUT2D eigenvalue weighted by molar-refractivity contribution is 5.79. The van der Waals surface area contributed by atoms with Crippen LogP contribution in [0, 0.1) is 11.8 Å². The van der Waals surface area contributed by atoms with Gasteiger partial charge in [-0.2, -0.15) is 13.2 Å². The third kappa shape index (κ3) is 4.11. The Morgan fingerprint density at radius 3 is 2.33 bits per heavy atom. The Bertz CT molecular complexity index is 353. The second-order valence-corrected chi connectivity index (χ2v) is 6.36. The van der Waals surface area contributed by atoms with Crippen LogP contribution >= 0.6 is 0 Å². The Balaban J connectivity index is 2.02. The van der Waals surface area contributed by atoms with E-state index < -0.39 is 18.0 Å². The van der Waals surface area contributed by atoms with E-state index in [0.29, 0.717) is 25.9 Å². The van der Waals surface area contributed by atoms with Crippen molar-refractivity contribution in [1.29, 1.82) is 0 Å². The zero-order valence-electron chi connectivity index (χ0n) is 12.4. The predicted molar refractivity (Wildman–Crippen MR) is 74.5 cm³/mol. The minimum Gasteiger partial charge on any atom is -0.338 e. The number of halogens is 3. The summed E-state index contributed by atoms with van der Waals surface area (Å²) in [6, 6.07) is 0.187. The zero-order chi connectivity index (χ0) is 15.5. The first kappa shape index (κ1) is 16.6. The predicted octanol–water partition coefficient (Wildman–Crippen LogP) is 3.09. The molecule has 6 heteroatoms. The molecule has 122 valence electrons. The maximum Gasteiger partial charge on any atom is 0.391 e. The smallest absolute Gasteiger partial charge is 0.338 e. The van der Waals surface area contributed by atoms with Crippen LogP contribution in [0.3, 0.4) is 0 Å². The number of carbonyl (C=O) groups is 1. The summed E-state index contributed by atoms with van der Waals surface area (Å²) in [5.74, 6) is -1.89. The van der Waals surface area contributed by atoms with Gasteiger partial charge in [0.2, 0.25) is 5.91 Å². The van der Waals surface area contributed by atoms with Crippen molar-refractivity contribution in [2.45, 2.75) is 63.6 Å². The van der Waals surface area contributed by atoms with Crippen LogP contribution in [0.15, 0.2) is 0 Å². The van der Waals surface area contributed by atoms with Gasteiger partial charge in [-0.3, -0.25) is 4.79 Å². The molecule has 2 aliphatic carbocycles. The summed E-state index contributed by atoms with van der Waals surface area (Å²) < 4.78 is 38.6. The molecule has 2 N–H and O–H groups in total. The highest BCUT2D eigenvalue weighted by atomic mass is 19.4. The average molecular weight is 306 g/mol. The molecule has 0 radical (unpaired) electrons. The molecule has 0 aliphatic heterocycles. The Labute approximate surface area is 124 Å². The SMILES string of the molecule is NCCN(C(=O)C1CCCC(C(F)(F)F)C1)C1CCCC1. The van der Waals surface area contributed by atoms with E-state index in [0.717, 1.165) is 25.7 Å². The van der Waals surface area contributed by atoms with Crippen molar-refractivity contribution in [3.63, 3.8) is 0 Å². The monoisotopic (exact) mass is 306 g/mol. The molecule has 0 saturated heterocycles. The van der Waals surface area contributed by atoms with Crippen molar-refractivity contribution in [2.75, 3.05) is 13.1 Å². The number of hydrogen-bond donors (Lipinski definition) is 1. The van der Waals surface area contributed by atoms with Crippen LogP contribution in [0.2, 0.25) is 0 Å². The summed E-state index contributed by atoms with van der Waals surface area (Å²) >= 11 is 0. The van der Waals surface area contributed by atoms with Gasteiger partial charge in [-0.15, -0.1) is 0 Å². The number of rotatable bonds is 4.